The van der Waals surface area contributed by atoms with Crippen LogP contribution in [-0.4, -0.2) is 62.2 Å². The Morgan fingerprint density at radius 1 is 1.06 bits per heavy atom. The molecule has 3 aromatic heterocycles. The summed E-state index contributed by atoms with van der Waals surface area (Å²) < 4.78 is 7.39. The molecule has 0 spiro atoms. The summed E-state index contributed by atoms with van der Waals surface area (Å²) >= 11 is 0. The van der Waals surface area contributed by atoms with Crippen LogP contribution in [0.1, 0.15) is 48.7 Å². The molecular formula is C28H31N5O2. The van der Waals surface area contributed by atoms with E-state index in [4.69, 9.17) is 9.40 Å². The van der Waals surface area contributed by atoms with E-state index >= 15 is 0 Å². The fourth-order valence-electron chi connectivity index (χ4n) is 5.28. The Hall–Kier alpha value is -3.45. The van der Waals surface area contributed by atoms with Gasteiger partial charge >= 0.3 is 0 Å². The molecule has 0 radical (unpaired) electrons. The van der Waals surface area contributed by atoms with Crippen LogP contribution < -0.4 is 0 Å². The Balaban J connectivity index is 1.42. The summed E-state index contributed by atoms with van der Waals surface area (Å²) in [4.78, 5) is 23.9. The average molecular weight is 470 g/mol. The molecule has 0 unspecified atom stereocenters. The minimum absolute atomic E-state index is 0.115. The molecule has 1 saturated carbocycles. The van der Waals surface area contributed by atoms with Crippen LogP contribution in [0.15, 0.2) is 65.4 Å². The van der Waals surface area contributed by atoms with E-state index in [0.29, 0.717) is 29.8 Å². The van der Waals surface area contributed by atoms with Gasteiger partial charge in [-0.15, -0.1) is 0 Å². The highest BCUT2D eigenvalue weighted by Crippen LogP contribution is 2.35. The van der Waals surface area contributed by atoms with Crippen molar-refractivity contribution in [3.05, 3.63) is 72.3 Å². The first kappa shape index (κ1) is 22.0. The van der Waals surface area contributed by atoms with Gasteiger partial charge in [0.25, 0.3) is 5.91 Å². The summed E-state index contributed by atoms with van der Waals surface area (Å²) in [6.07, 6.45) is 7.71. The van der Waals surface area contributed by atoms with E-state index in [1.54, 1.807) is 12.5 Å². The molecule has 0 bridgehead atoms. The maximum absolute atomic E-state index is 14.2. The zero-order valence-electron chi connectivity index (χ0n) is 20.1. The monoisotopic (exact) mass is 469 g/mol. The van der Waals surface area contributed by atoms with Crippen molar-refractivity contribution >= 4 is 16.9 Å². The maximum Gasteiger partial charge on any atom is 0.255 e. The largest absolute Gasteiger partial charge is 0.467 e. The van der Waals surface area contributed by atoms with E-state index in [0.717, 1.165) is 67.7 Å². The average Bonchev–Trinajstić information content (AvgIpc) is 3.44. The molecule has 7 heteroatoms. The second-order valence-corrected chi connectivity index (χ2v) is 9.65. The van der Waals surface area contributed by atoms with Gasteiger partial charge in [-0.2, -0.15) is 5.10 Å². The number of carbonyl (C=O) groups is 1. The Morgan fingerprint density at radius 3 is 2.51 bits per heavy atom. The van der Waals surface area contributed by atoms with E-state index in [1.807, 2.05) is 53.2 Å². The zero-order chi connectivity index (χ0) is 23.8. The molecule has 7 nitrogen and oxygen atoms in total. The van der Waals surface area contributed by atoms with Crippen LogP contribution in [0.2, 0.25) is 0 Å². The third-order valence-corrected chi connectivity index (χ3v) is 7.37. The predicted molar refractivity (Wildman–Crippen MR) is 135 cm³/mol. The first-order chi connectivity index (χ1) is 17.2. The molecule has 2 fully saturated rings. The number of fused-ring (bicyclic) bond motifs is 1. The Kier molecular flexibility index (Phi) is 5.86. The second-order valence-electron chi connectivity index (χ2n) is 9.65. The molecule has 2 aliphatic rings. The fourth-order valence-corrected chi connectivity index (χ4v) is 5.28. The molecule has 0 N–H and O–H groups in total. The number of aromatic nitrogens is 3. The highest BCUT2D eigenvalue weighted by Gasteiger charge is 2.39. The summed E-state index contributed by atoms with van der Waals surface area (Å²) in [5.74, 6) is 0.918. The van der Waals surface area contributed by atoms with E-state index in [1.165, 1.54) is 0 Å². The third-order valence-electron chi connectivity index (χ3n) is 7.37. The number of hydrogen-bond donors (Lipinski definition) is 0. The standard InChI is InChI=1S/C28H31N5O2/c1-2-31-14-12-22(13-15-31)33(21-10-11-21)28(34)24-17-26(20-7-4-3-5-8-20)30-27-25(24)18-29-32(27)19-23-9-6-16-35-23/h3-9,16-18,21-22H,2,10-15,19H2,1H3. The number of likely N-dealkylation sites (tertiary alicyclic amines) is 1. The Labute approximate surface area is 205 Å². The smallest absolute Gasteiger partial charge is 0.255 e. The van der Waals surface area contributed by atoms with Crippen LogP contribution in [0.3, 0.4) is 0 Å². The predicted octanol–water partition coefficient (Wildman–Crippen LogP) is 4.83. The number of hydrogen-bond acceptors (Lipinski definition) is 5. The number of piperidine rings is 1. The van der Waals surface area contributed by atoms with Gasteiger partial charge in [-0.1, -0.05) is 37.3 Å². The number of benzene rings is 1. The molecule has 4 aromatic rings. The van der Waals surface area contributed by atoms with Crippen LogP contribution in [0, 0.1) is 0 Å². The molecule has 1 aromatic carbocycles. The lowest BCUT2D eigenvalue weighted by Gasteiger charge is -2.38. The van der Waals surface area contributed by atoms with E-state index < -0.39 is 0 Å². The molecule has 4 heterocycles. The number of rotatable bonds is 7. The van der Waals surface area contributed by atoms with Crippen molar-refractivity contribution in [3.63, 3.8) is 0 Å². The molecule has 1 amide bonds. The minimum Gasteiger partial charge on any atom is -0.467 e. The summed E-state index contributed by atoms with van der Waals surface area (Å²) in [5, 5.41) is 5.42. The number of amides is 1. The van der Waals surface area contributed by atoms with Crippen LogP contribution in [-0.2, 0) is 6.54 Å². The SMILES string of the molecule is CCN1CCC(N(C(=O)c2cc(-c3ccccc3)nc3c2cnn3Cc2ccco2)C2CC2)CC1. The van der Waals surface area contributed by atoms with Crippen molar-refractivity contribution < 1.29 is 9.21 Å². The van der Waals surface area contributed by atoms with Gasteiger partial charge in [0.05, 0.1) is 29.1 Å². The van der Waals surface area contributed by atoms with Gasteiger partial charge in [0.1, 0.15) is 12.3 Å². The highest BCUT2D eigenvalue weighted by molar-refractivity contribution is 6.06. The first-order valence-electron chi connectivity index (χ1n) is 12.7. The lowest BCUT2D eigenvalue weighted by atomic mass is 10.00. The fraction of sp³-hybridized carbons (Fsp3) is 0.393. The van der Waals surface area contributed by atoms with E-state index in [2.05, 4.69) is 21.8 Å². The van der Waals surface area contributed by atoms with Crippen LogP contribution >= 0.6 is 0 Å². The van der Waals surface area contributed by atoms with Crippen LogP contribution in [0.5, 0.6) is 0 Å². The van der Waals surface area contributed by atoms with Crippen molar-refractivity contribution in [2.24, 2.45) is 0 Å². The van der Waals surface area contributed by atoms with Crippen molar-refractivity contribution in [2.75, 3.05) is 19.6 Å². The molecule has 180 valence electrons. The molecule has 35 heavy (non-hydrogen) atoms. The summed E-state index contributed by atoms with van der Waals surface area (Å²) in [5.41, 5.74) is 3.19. The van der Waals surface area contributed by atoms with Gasteiger partial charge in [0.15, 0.2) is 5.65 Å². The van der Waals surface area contributed by atoms with E-state index in [-0.39, 0.29) is 5.91 Å². The number of nitrogens with zero attached hydrogens (tertiary/aromatic N) is 5. The molecule has 1 saturated heterocycles. The molecular weight excluding hydrogens is 438 g/mol. The van der Waals surface area contributed by atoms with E-state index in [9.17, 15) is 4.79 Å². The summed E-state index contributed by atoms with van der Waals surface area (Å²) in [6, 6.07) is 16.5. The zero-order valence-corrected chi connectivity index (χ0v) is 20.1. The summed E-state index contributed by atoms with van der Waals surface area (Å²) in [7, 11) is 0. The quantitative estimate of drug-likeness (QED) is 0.388. The van der Waals surface area contributed by atoms with Crippen LogP contribution in [0.25, 0.3) is 22.3 Å². The second kappa shape index (κ2) is 9.30. The lowest BCUT2D eigenvalue weighted by Crippen LogP contribution is -2.48. The molecule has 1 aliphatic heterocycles. The van der Waals surface area contributed by atoms with Crippen molar-refractivity contribution in [2.45, 2.75) is 51.2 Å². The lowest BCUT2D eigenvalue weighted by molar-refractivity contribution is 0.0556. The molecule has 6 rings (SSSR count). The van der Waals surface area contributed by atoms with Crippen molar-refractivity contribution in [1.29, 1.82) is 0 Å². The maximum atomic E-state index is 14.2. The van der Waals surface area contributed by atoms with Gasteiger partial charge in [0.2, 0.25) is 0 Å². The molecule has 0 atom stereocenters. The van der Waals surface area contributed by atoms with Gasteiger partial charge in [-0.05, 0) is 50.4 Å². The van der Waals surface area contributed by atoms with Crippen LogP contribution in [0.4, 0.5) is 0 Å². The van der Waals surface area contributed by atoms with Crippen molar-refractivity contribution in [3.8, 4) is 11.3 Å². The Bertz CT molecular complexity index is 1300. The first-order valence-corrected chi connectivity index (χ1v) is 12.7. The van der Waals surface area contributed by atoms with Gasteiger partial charge in [-0.25, -0.2) is 9.67 Å². The number of pyridine rings is 1. The number of carbonyl (C=O) groups excluding carboxylic acids is 1. The van der Waals surface area contributed by atoms with Crippen molar-refractivity contribution in [1.82, 2.24) is 24.6 Å². The Morgan fingerprint density at radius 2 is 1.83 bits per heavy atom. The van der Waals surface area contributed by atoms with Gasteiger partial charge in [-0.3, -0.25) is 4.79 Å². The third kappa shape index (κ3) is 4.36. The normalized spacial score (nSPS) is 17.2. The van der Waals surface area contributed by atoms with Gasteiger partial charge in [0, 0.05) is 30.7 Å². The highest BCUT2D eigenvalue weighted by atomic mass is 16.3. The number of furan rings is 1. The topological polar surface area (TPSA) is 67.4 Å². The summed E-state index contributed by atoms with van der Waals surface area (Å²) in [6.45, 7) is 5.87. The van der Waals surface area contributed by atoms with Gasteiger partial charge < -0.3 is 14.2 Å². The molecule has 1 aliphatic carbocycles. The minimum atomic E-state index is 0.115.